The van der Waals surface area contributed by atoms with E-state index in [2.05, 4.69) is 25.9 Å². The maximum atomic E-state index is 12.8. The number of rotatable bonds is 11. The van der Waals surface area contributed by atoms with Crippen molar-refractivity contribution < 1.29 is 24.3 Å². The summed E-state index contributed by atoms with van der Waals surface area (Å²) in [5, 5.41) is 16.9. The van der Waals surface area contributed by atoms with E-state index in [0.29, 0.717) is 11.3 Å². The average Bonchev–Trinajstić information content (AvgIpc) is 3.24. The van der Waals surface area contributed by atoms with Crippen LogP contribution in [-0.2, 0) is 20.8 Å². The van der Waals surface area contributed by atoms with Gasteiger partial charge in [0.15, 0.2) is 0 Å². The van der Waals surface area contributed by atoms with Crippen LogP contribution in [0.1, 0.15) is 43.7 Å². The number of carboxylic acid groups (broad SMARTS) is 1. The molecule has 2 aromatic rings. The van der Waals surface area contributed by atoms with E-state index in [0.717, 1.165) is 0 Å². The molecule has 0 radical (unpaired) electrons. The summed E-state index contributed by atoms with van der Waals surface area (Å²) in [5.41, 5.74) is 0.990. The van der Waals surface area contributed by atoms with Crippen LogP contribution in [0.2, 0.25) is 0 Å². The first-order valence-corrected chi connectivity index (χ1v) is 9.89. The van der Waals surface area contributed by atoms with Gasteiger partial charge in [-0.15, -0.1) is 0 Å². The number of amides is 3. The van der Waals surface area contributed by atoms with Gasteiger partial charge >= 0.3 is 5.97 Å². The number of nitrogens with one attached hydrogen (secondary N) is 4. The molecule has 2 rings (SSSR count). The number of imidazole rings is 1. The van der Waals surface area contributed by atoms with Crippen LogP contribution in [0.15, 0.2) is 42.9 Å². The van der Waals surface area contributed by atoms with Crippen LogP contribution in [0.5, 0.6) is 0 Å². The number of aromatic nitrogens is 2. The molecule has 0 saturated carbocycles. The fraction of sp³-hybridized carbons (Fsp3) is 0.409. The molecule has 1 aromatic heterocycles. The fourth-order valence-corrected chi connectivity index (χ4v) is 2.89. The molecule has 174 valence electrons. The van der Waals surface area contributed by atoms with Crippen molar-refractivity contribution in [3.63, 3.8) is 0 Å². The van der Waals surface area contributed by atoms with Crippen molar-refractivity contribution in [1.29, 1.82) is 0 Å². The zero-order chi connectivity index (χ0) is 22.8. The van der Waals surface area contributed by atoms with Crippen molar-refractivity contribution in [2.45, 2.75) is 46.2 Å². The number of nitrogens with zero attached hydrogens (tertiary/aromatic N) is 1. The molecule has 0 saturated heterocycles. The van der Waals surface area contributed by atoms with E-state index in [1.165, 1.54) is 12.5 Å². The van der Waals surface area contributed by atoms with Crippen molar-refractivity contribution >= 4 is 23.7 Å². The fourth-order valence-electron chi connectivity index (χ4n) is 2.89. The number of aromatic amines is 1. The van der Waals surface area contributed by atoms with Crippen LogP contribution >= 0.6 is 0 Å². The van der Waals surface area contributed by atoms with Crippen molar-refractivity contribution in [2.24, 2.45) is 5.92 Å². The largest absolute Gasteiger partial charge is 0.480 e. The van der Waals surface area contributed by atoms with Crippen molar-refractivity contribution in [3.05, 3.63) is 54.1 Å². The highest BCUT2D eigenvalue weighted by atomic mass is 16.4. The molecule has 1 heterocycles. The second-order valence-electron chi connectivity index (χ2n) is 7.48. The molecule has 2 unspecified atom stereocenters. The van der Waals surface area contributed by atoms with Gasteiger partial charge < -0.3 is 26.0 Å². The lowest BCUT2D eigenvalue weighted by Gasteiger charge is -2.22. The first kappa shape index (κ1) is 26.3. The monoisotopic (exact) mass is 445 g/mol. The second kappa shape index (κ2) is 12.9. The Kier molecular flexibility index (Phi) is 10.6. The standard InChI is InChI=1S/C21H27N5O5.CH4/c1-13(2)8-17(21(30)31)26-20(29)16(9-15-10-22-12-24-15)25-18(27)11-23-19(28)14-6-4-3-5-7-14;/h3-7,10,12-13,16-17H,8-9,11H2,1-2H3,(H,22,24)(H,23,28)(H,25,27)(H,26,29)(H,30,31);1H4. The van der Waals surface area contributed by atoms with Gasteiger partial charge in [0.05, 0.1) is 12.9 Å². The minimum absolute atomic E-state index is 0. The second-order valence-corrected chi connectivity index (χ2v) is 7.48. The molecule has 0 aliphatic carbocycles. The van der Waals surface area contributed by atoms with E-state index >= 15 is 0 Å². The molecule has 0 fully saturated rings. The molecule has 1 aromatic carbocycles. The SMILES string of the molecule is C.CC(C)CC(NC(=O)C(Cc1cnc[nH]1)NC(=O)CNC(=O)c1ccccc1)C(=O)O. The molecule has 3 amide bonds. The molecule has 0 aliphatic rings. The first-order chi connectivity index (χ1) is 14.8. The molecule has 5 N–H and O–H groups in total. The topological polar surface area (TPSA) is 153 Å². The molecular formula is C22H31N5O5. The van der Waals surface area contributed by atoms with Crippen LogP contribution < -0.4 is 16.0 Å². The van der Waals surface area contributed by atoms with Gasteiger partial charge in [-0.3, -0.25) is 14.4 Å². The third-order valence-corrected chi connectivity index (χ3v) is 4.40. The van der Waals surface area contributed by atoms with Crippen LogP contribution in [-0.4, -0.2) is 57.4 Å². The van der Waals surface area contributed by atoms with E-state index in [-0.39, 0.29) is 32.7 Å². The van der Waals surface area contributed by atoms with Crippen LogP contribution in [0.25, 0.3) is 0 Å². The molecular weight excluding hydrogens is 414 g/mol. The lowest BCUT2D eigenvalue weighted by molar-refractivity contribution is -0.142. The van der Waals surface area contributed by atoms with Gasteiger partial charge in [-0.25, -0.2) is 9.78 Å². The highest BCUT2D eigenvalue weighted by molar-refractivity contribution is 5.97. The Labute approximate surface area is 187 Å². The molecule has 0 aliphatic heterocycles. The number of carbonyl (C=O) groups excluding carboxylic acids is 3. The summed E-state index contributed by atoms with van der Waals surface area (Å²) >= 11 is 0. The highest BCUT2D eigenvalue weighted by Gasteiger charge is 2.27. The molecule has 10 heteroatoms. The van der Waals surface area contributed by atoms with Gasteiger partial charge in [-0.05, 0) is 24.5 Å². The minimum atomic E-state index is -1.15. The summed E-state index contributed by atoms with van der Waals surface area (Å²) in [7, 11) is 0. The zero-order valence-electron chi connectivity index (χ0n) is 17.4. The lowest BCUT2D eigenvalue weighted by atomic mass is 10.0. The smallest absolute Gasteiger partial charge is 0.326 e. The van der Waals surface area contributed by atoms with E-state index in [1.54, 1.807) is 30.3 Å². The summed E-state index contributed by atoms with van der Waals surface area (Å²) in [6.45, 7) is 3.36. The number of benzene rings is 1. The quantitative estimate of drug-likeness (QED) is 0.349. The third kappa shape index (κ3) is 8.58. The Balaban J connectivity index is 0.00000512. The van der Waals surface area contributed by atoms with Gasteiger partial charge in [-0.2, -0.15) is 0 Å². The lowest BCUT2D eigenvalue weighted by Crippen LogP contribution is -2.54. The van der Waals surface area contributed by atoms with Gasteiger partial charge in [0.25, 0.3) is 5.91 Å². The van der Waals surface area contributed by atoms with Crippen LogP contribution in [0, 0.1) is 5.92 Å². The number of hydrogen-bond acceptors (Lipinski definition) is 5. The van der Waals surface area contributed by atoms with E-state index in [1.807, 2.05) is 13.8 Å². The summed E-state index contributed by atoms with van der Waals surface area (Å²) in [5.74, 6) is -2.74. The molecule has 2 atom stereocenters. The maximum absolute atomic E-state index is 12.8. The minimum Gasteiger partial charge on any atom is -0.480 e. The van der Waals surface area contributed by atoms with Gasteiger partial charge in [0.1, 0.15) is 12.1 Å². The summed E-state index contributed by atoms with van der Waals surface area (Å²) in [4.78, 5) is 55.4. The predicted octanol–water partition coefficient (Wildman–Crippen LogP) is 1.12. The van der Waals surface area contributed by atoms with Gasteiger partial charge in [0.2, 0.25) is 11.8 Å². The van der Waals surface area contributed by atoms with Crippen LogP contribution in [0.3, 0.4) is 0 Å². The van der Waals surface area contributed by atoms with Crippen molar-refractivity contribution in [2.75, 3.05) is 6.54 Å². The van der Waals surface area contributed by atoms with Crippen molar-refractivity contribution in [3.8, 4) is 0 Å². The van der Waals surface area contributed by atoms with Crippen LogP contribution in [0.4, 0.5) is 0 Å². The van der Waals surface area contributed by atoms with Crippen molar-refractivity contribution in [1.82, 2.24) is 25.9 Å². The normalized spacial score (nSPS) is 12.2. The Hall–Kier alpha value is -3.69. The molecule has 0 bridgehead atoms. The average molecular weight is 446 g/mol. The van der Waals surface area contributed by atoms with E-state index in [4.69, 9.17) is 0 Å². The molecule has 32 heavy (non-hydrogen) atoms. The summed E-state index contributed by atoms with van der Waals surface area (Å²) in [6, 6.07) is 6.28. The molecule has 0 spiro atoms. The van der Waals surface area contributed by atoms with Gasteiger partial charge in [0, 0.05) is 23.9 Å². The zero-order valence-corrected chi connectivity index (χ0v) is 17.4. The number of aliphatic carboxylic acids is 1. The Morgan fingerprint density at radius 3 is 2.31 bits per heavy atom. The summed E-state index contributed by atoms with van der Waals surface area (Å²) in [6.07, 6.45) is 3.27. The number of carboxylic acids is 1. The van der Waals surface area contributed by atoms with E-state index < -0.39 is 35.8 Å². The summed E-state index contributed by atoms with van der Waals surface area (Å²) < 4.78 is 0. The Bertz CT molecular complexity index is 883. The number of hydrogen-bond donors (Lipinski definition) is 5. The van der Waals surface area contributed by atoms with E-state index in [9.17, 15) is 24.3 Å². The first-order valence-electron chi connectivity index (χ1n) is 9.89. The Morgan fingerprint density at radius 2 is 1.75 bits per heavy atom. The third-order valence-electron chi connectivity index (χ3n) is 4.40. The molecule has 10 nitrogen and oxygen atoms in total. The Morgan fingerprint density at radius 1 is 1.06 bits per heavy atom. The highest BCUT2D eigenvalue weighted by Crippen LogP contribution is 2.07. The number of H-pyrrole nitrogens is 1. The predicted molar refractivity (Wildman–Crippen MR) is 119 cm³/mol. The maximum Gasteiger partial charge on any atom is 0.326 e. The number of carbonyl (C=O) groups is 4. The van der Waals surface area contributed by atoms with Gasteiger partial charge in [-0.1, -0.05) is 39.5 Å².